The number of rotatable bonds is 5. The van der Waals surface area contributed by atoms with Crippen molar-refractivity contribution in [2.45, 2.75) is 11.3 Å². The summed E-state index contributed by atoms with van der Waals surface area (Å²) in [5.74, 6) is 0.287. The molecule has 3 rings (SSSR count). The Morgan fingerprint density at radius 1 is 1.15 bits per heavy atom. The molecule has 0 radical (unpaired) electrons. The molecule has 0 aliphatic carbocycles. The molecule has 2 aromatic rings. The van der Waals surface area contributed by atoms with Crippen LogP contribution in [-0.4, -0.2) is 36.2 Å². The number of anilines is 2. The zero-order chi connectivity index (χ0) is 19.8. The van der Waals surface area contributed by atoms with E-state index in [4.69, 9.17) is 27.9 Å². The van der Waals surface area contributed by atoms with Crippen LogP contribution in [0.1, 0.15) is 6.42 Å². The molecule has 2 aromatic carbocycles. The van der Waals surface area contributed by atoms with Crippen molar-refractivity contribution in [1.29, 1.82) is 0 Å². The van der Waals surface area contributed by atoms with Crippen LogP contribution in [0.4, 0.5) is 11.4 Å². The highest BCUT2D eigenvalue weighted by Crippen LogP contribution is 2.35. The number of ether oxygens (including phenoxy) is 1. The monoisotopic (exact) mass is 450 g/mol. The summed E-state index contributed by atoms with van der Waals surface area (Å²) in [6.45, 7) is 0.334. The fraction of sp³-hybridized carbons (Fsp3) is 0.250. The Hall–Kier alpha value is -1.68. The van der Waals surface area contributed by atoms with E-state index in [1.54, 1.807) is 6.07 Å². The predicted molar refractivity (Wildman–Crippen MR) is 106 cm³/mol. The van der Waals surface area contributed by atoms with E-state index in [0.717, 1.165) is 0 Å². The summed E-state index contributed by atoms with van der Waals surface area (Å²) in [4.78, 5) is -0.196. The Balaban J connectivity index is 2.03. The average Bonchev–Trinajstić information content (AvgIpc) is 2.95. The number of sulfonamides is 2. The highest BCUT2D eigenvalue weighted by molar-refractivity contribution is 7.93. The van der Waals surface area contributed by atoms with E-state index in [0.29, 0.717) is 18.7 Å². The van der Waals surface area contributed by atoms with Crippen molar-refractivity contribution in [3.8, 4) is 5.75 Å². The minimum atomic E-state index is -4.08. The molecule has 0 amide bonds. The van der Waals surface area contributed by atoms with Gasteiger partial charge in [0.2, 0.25) is 10.0 Å². The number of nitrogens with one attached hydrogen (secondary N) is 1. The van der Waals surface area contributed by atoms with Gasteiger partial charge in [-0.3, -0.25) is 9.03 Å². The van der Waals surface area contributed by atoms with Crippen molar-refractivity contribution >= 4 is 54.6 Å². The third-order valence-corrected chi connectivity index (χ3v) is 7.95. The second-order valence-corrected chi connectivity index (χ2v) is 10.3. The second kappa shape index (κ2) is 7.38. The highest BCUT2D eigenvalue weighted by Gasteiger charge is 2.29. The van der Waals surface area contributed by atoms with E-state index in [-0.39, 0.29) is 32.1 Å². The molecule has 0 bridgehead atoms. The zero-order valence-electron chi connectivity index (χ0n) is 14.1. The largest absolute Gasteiger partial charge is 0.495 e. The molecule has 1 aliphatic heterocycles. The van der Waals surface area contributed by atoms with Gasteiger partial charge in [0.15, 0.2) is 0 Å². The summed E-state index contributed by atoms with van der Waals surface area (Å²) in [6, 6.07) is 8.56. The van der Waals surface area contributed by atoms with Crippen LogP contribution in [0.3, 0.4) is 0 Å². The van der Waals surface area contributed by atoms with Gasteiger partial charge in [-0.2, -0.15) is 0 Å². The van der Waals surface area contributed by atoms with Crippen molar-refractivity contribution < 1.29 is 21.6 Å². The van der Waals surface area contributed by atoms with Crippen molar-refractivity contribution in [2.24, 2.45) is 0 Å². The van der Waals surface area contributed by atoms with Gasteiger partial charge in [-0.25, -0.2) is 16.8 Å². The molecule has 7 nitrogen and oxygen atoms in total. The summed E-state index contributed by atoms with van der Waals surface area (Å²) in [6.07, 6.45) is 0.507. The molecule has 1 fully saturated rings. The summed E-state index contributed by atoms with van der Waals surface area (Å²) in [5, 5.41) is 0.216. The predicted octanol–water partition coefficient (Wildman–Crippen LogP) is 3.34. The van der Waals surface area contributed by atoms with Gasteiger partial charge in [0.25, 0.3) is 10.0 Å². The summed E-state index contributed by atoms with van der Waals surface area (Å²) in [5.41, 5.74) is 0.441. The molecule has 1 saturated heterocycles. The number of halogens is 2. The smallest absolute Gasteiger partial charge is 0.263 e. The molecular weight excluding hydrogens is 435 g/mol. The Labute approximate surface area is 167 Å². The number of hydrogen-bond donors (Lipinski definition) is 1. The molecule has 0 unspecified atom stereocenters. The van der Waals surface area contributed by atoms with Crippen molar-refractivity contribution in [3.63, 3.8) is 0 Å². The highest BCUT2D eigenvalue weighted by atomic mass is 35.5. The molecule has 0 saturated carbocycles. The Bertz CT molecular complexity index is 1090. The SMILES string of the molecule is COc1ccc(N2CCCS2(=O)=O)cc1NS(=O)(=O)c1cc(Cl)ccc1Cl. The maximum absolute atomic E-state index is 12.8. The molecular formula is C16H16Cl2N2O5S2. The summed E-state index contributed by atoms with van der Waals surface area (Å²) >= 11 is 11.9. The van der Waals surface area contributed by atoms with E-state index in [1.165, 1.54) is 41.7 Å². The lowest BCUT2D eigenvalue weighted by atomic mass is 10.2. The Kier molecular flexibility index (Phi) is 5.49. The number of methoxy groups -OCH3 is 1. The third-order valence-electron chi connectivity index (χ3n) is 4.00. The first-order valence-electron chi connectivity index (χ1n) is 7.80. The van der Waals surface area contributed by atoms with Crippen molar-refractivity contribution in [2.75, 3.05) is 28.4 Å². The number of benzene rings is 2. The van der Waals surface area contributed by atoms with Crippen LogP contribution in [0, 0.1) is 0 Å². The lowest BCUT2D eigenvalue weighted by molar-refractivity contribution is 0.417. The lowest BCUT2D eigenvalue weighted by Gasteiger charge is -2.19. The first-order chi connectivity index (χ1) is 12.6. The Morgan fingerprint density at radius 3 is 2.52 bits per heavy atom. The van der Waals surface area contributed by atoms with Gasteiger partial charge >= 0.3 is 0 Å². The van der Waals surface area contributed by atoms with Gasteiger partial charge < -0.3 is 4.74 Å². The van der Waals surface area contributed by atoms with Crippen LogP contribution in [0.15, 0.2) is 41.3 Å². The first kappa shape index (κ1) is 20.1. The van der Waals surface area contributed by atoms with Crippen LogP contribution < -0.4 is 13.8 Å². The number of hydrogen-bond acceptors (Lipinski definition) is 5. The molecule has 11 heteroatoms. The summed E-state index contributed by atoms with van der Waals surface area (Å²) in [7, 11) is -6.11. The first-order valence-corrected chi connectivity index (χ1v) is 11.7. The van der Waals surface area contributed by atoms with Crippen LogP contribution in [0.2, 0.25) is 10.0 Å². The fourth-order valence-corrected chi connectivity index (χ4v) is 6.12. The van der Waals surface area contributed by atoms with Crippen LogP contribution in [0.25, 0.3) is 0 Å². The fourth-order valence-electron chi connectivity index (χ4n) is 2.74. The van der Waals surface area contributed by atoms with Crippen LogP contribution in [0.5, 0.6) is 5.75 Å². The second-order valence-electron chi connectivity index (χ2n) is 5.81. The van der Waals surface area contributed by atoms with E-state index >= 15 is 0 Å². The van der Waals surface area contributed by atoms with Crippen molar-refractivity contribution in [1.82, 2.24) is 0 Å². The maximum Gasteiger partial charge on any atom is 0.263 e. The Morgan fingerprint density at radius 2 is 1.89 bits per heavy atom. The van der Waals surface area contributed by atoms with Gasteiger partial charge in [-0.15, -0.1) is 0 Å². The zero-order valence-corrected chi connectivity index (χ0v) is 17.3. The molecule has 0 spiro atoms. The molecule has 0 aromatic heterocycles. The number of nitrogens with zero attached hydrogens (tertiary/aromatic N) is 1. The van der Waals surface area contributed by atoms with Gasteiger partial charge in [0.05, 0.1) is 29.3 Å². The lowest BCUT2D eigenvalue weighted by Crippen LogP contribution is -2.25. The van der Waals surface area contributed by atoms with Gasteiger partial charge in [-0.05, 0) is 42.8 Å². The normalized spacial score (nSPS) is 16.3. The van der Waals surface area contributed by atoms with E-state index in [1.807, 2.05) is 0 Å². The maximum atomic E-state index is 12.8. The summed E-state index contributed by atoms with van der Waals surface area (Å²) < 4.78 is 58.6. The standard InChI is InChI=1S/C16H16Cl2N2O5S2/c1-25-15-6-4-12(20-7-2-8-26(20,21)22)10-14(15)19-27(23,24)16-9-11(17)3-5-13(16)18/h3-6,9-10,19H,2,7-8H2,1H3. The third kappa shape index (κ3) is 4.11. The molecule has 146 valence electrons. The van der Waals surface area contributed by atoms with Gasteiger partial charge in [0, 0.05) is 11.6 Å². The average molecular weight is 451 g/mol. The van der Waals surface area contributed by atoms with E-state index < -0.39 is 20.0 Å². The topological polar surface area (TPSA) is 92.8 Å². The molecule has 1 N–H and O–H groups in total. The van der Waals surface area contributed by atoms with Crippen LogP contribution in [-0.2, 0) is 20.0 Å². The van der Waals surface area contributed by atoms with Gasteiger partial charge in [-0.1, -0.05) is 23.2 Å². The molecule has 1 heterocycles. The van der Waals surface area contributed by atoms with Crippen molar-refractivity contribution in [3.05, 3.63) is 46.4 Å². The van der Waals surface area contributed by atoms with Crippen LogP contribution >= 0.6 is 23.2 Å². The minimum absolute atomic E-state index is 0.00384. The van der Waals surface area contributed by atoms with E-state index in [2.05, 4.69) is 4.72 Å². The molecule has 1 aliphatic rings. The molecule has 0 atom stereocenters. The van der Waals surface area contributed by atoms with Gasteiger partial charge in [0.1, 0.15) is 10.6 Å². The van der Waals surface area contributed by atoms with E-state index in [9.17, 15) is 16.8 Å². The quantitative estimate of drug-likeness (QED) is 0.753. The minimum Gasteiger partial charge on any atom is -0.495 e. The molecule has 27 heavy (non-hydrogen) atoms.